The second kappa shape index (κ2) is 14.6. The van der Waals surface area contributed by atoms with E-state index in [1.54, 1.807) is 33.5 Å². The molecule has 0 bridgehead atoms. The number of hydrogen-bond donors (Lipinski definition) is 2. The molecule has 0 atom stereocenters. The summed E-state index contributed by atoms with van der Waals surface area (Å²) in [6.07, 6.45) is 0.833. The van der Waals surface area contributed by atoms with Crippen LogP contribution < -0.4 is 29.7 Å². The average molecular weight is 560 g/mol. The van der Waals surface area contributed by atoms with E-state index in [4.69, 9.17) is 14.2 Å². The Bertz CT molecular complexity index is 842. The van der Waals surface area contributed by atoms with Crippen molar-refractivity contribution >= 4 is 35.6 Å². The molecule has 2 rings (SSSR count). The number of aliphatic imine (C=N–C) groups is 1. The smallest absolute Gasteiger partial charge is 0.203 e. The van der Waals surface area contributed by atoms with E-state index in [0.29, 0.717) is 42.0 Å². The standard InChI is InChI=1S/C23H33FN4O3.HI/c1-6-25-23(26-12-9-13-28(2)19-11-8-7-10-18(19)24)27-16-17-14-20(29-3)22(31-5)21(15-17)30-4;/h7-8,10-11,14-15H,6,9,12-13,16H2,1-5H3,(H2,25,26,27);1H. The highest BCUT2D eigenvalue weighted by Gasteiger charge is 2.13. The Balaban J connectivity index is 0.00000512. The molecule has 0 spiro atoms. The van der Waals surface area contributed by atoms with Crippen LogP contribution in [0.3, 0.4) is 0 Å². The van der Waals surface area contributed by atoms with Crippen molar-refractivity contribution in [2.45, 2.75) is 19.9 Å². The molecule has 2 aromatic rings. The van der Waals surface area contributed by atoms with Crippen LogP contribution >= 0.6 is 24.0 Å². The highest BCUT2D eigenvalue weighted by Crippen LogP contribution is 2.38. The van der Waals surface area contributed by atoms with Gasteiger partial charge in [0, 0.05) is 26.7 Å². The van der Waals surface area contributed by atoms with Crippen LogP contribution in [0.1, 0.15) is 18.9 Å². The summed E-state index contributed by atoms with van der Waals surface area (Å²) in [7, 11) is 6.65. The van der Waals surface area contributed by atoms with Crippen LogP contribution in [0, 0.1) is 5.82 Å². The second-order valence-corrected chi connectivity index (χ2v) is 6.88. The Hall–Kier alpha value is -2.43. The van der Waals surface area contributed by atoms with E-state index in [1.165, 1.54) is 6.07 Å². The largest absolute Gasteiger partial charge is 0.493 e. The molecule has 0 saturated carbocycles. The number of nitrogens with one attached hydrogen (secondary N) is 2. The van der Waals surface area contributed by atoms with Crippen LogP contribution in [-0.4, -0.2) is 54.0 Å². The third kappa shape index (κ3) is 7.92. The van der Waals surface area contributed by atoms with E-state index in [1.807, 2.05) is 37.1 Å². The zero-order valence-electron chi connectivity index (χ0n) is 19.4. The monoisotopic (exact) mass is 560 g/mol. The molecular formula is C23H34FIN4O3. The van der Waals surface area contributed by atoms with Crippen LogP contribution in [0.15, 0.2) is 41.4 Å². The zero-order chi connectivity index (χ0) is 22.6. The fourth-order valence-corrected chi connectivity index (χ4v) is 3.14. The Kier molecular flexibility index (Phi) is 12.6. The number of ether oxygens (including phenoxy) is 3. The fraction of sp³-hybridized carbons (Fsp3) is 0.435. The van der Waals surface area contributed by atoms with Crippen LogP contribution in [0.4, 0.5) is 10.1 Å². The van der Waals surface area contributed by atoms with Gasteiger partial charge < -0.3 is 29.7 Å². The van der Waals surface area contributed by atoms with Gasteiger partial charge in [-0.2, -0.15) is 0 Å². The summed E-state index contributed by atoms with van der Waals surface area (Å²) in [5.74, 6) is 2.26. The van der Waals surface area contributed by atoms with Gasteiger partial charge in [0.15, 0.2) is 17.5 Å². The van der Waals surface area contributed by atoms with Crippen molar-refractivity contribution in [3.8, 4) is 17.2 Å². The minimum absolute atomic E-state index is 0. The van der Waals surface area contributed by atoms with Gasteiger partial charge in [-0.1, -0.05) is 12.1 Å². The molecule has 0 aromatic heterocycles. The minimum atomic E-state index is -0.210. The molecule has 0 radical (unpaired) electrons. The second-order valence-electron chi connectivity index (χ2n) is 6.88. The Morgan fingerprint density at radius 1 is 1.03 bits per heavy atom. The van der Waals surface area contributed by atoms with Crippen molar-refractivity contribution in [2.24, 2.45) is 4.99 Å². The number of hydrogen-bond acceptors (Lipinski definition) is 5. The van der Waals surface area contributed by atoms with Gasteiger partial charge in [-0.25, -0.2) is 9.38 Å². The molecule has 0 fully saturated rings. The topological polar surface area (TPSA) is 67.4 Å². The van der Waals surface area contributed by atoms with Gasteiger partial charge in [-0.3, -0.25) is 0 Å². The van der Waals surface area contributed by atoms with Gasteiger partial charge in [-0.15, -0.1) is 24.0 Å². The van der Waals surface area contributed by atoms with E-state index in [-0.39, 0.29) is 29.8 Å². The zero-order valence-corrected chi connectivity index (χ0v) is 21.7. The van der Waals surface area contributed by atoms with Crippen molar-refractivity contribution in [3.05, 3.63) is 47.8 Å². The third-order valence-electron chi connectivity index (χ3n) is 4.71. The molecule has 0 aliphatic carbocycles. The predicted octanol–water partition coefficient (Wildman–Crippen LogP) is 4.05. The molecule has 0 aliphatic heterocycles. The summed E-state index contributed by atoms with van der Waals surface area (Å²) >= 11 is 0. The number of guanidine groups is 1. The average Bonchev–Trinajstić information content (AvgIpc) is 2.79. The van der Waals surface area contributed by atoms with Crippen molar-refractivity contribution in [1.82, 2.24) is 10.6 Å². The molecule has 9 heteroatoms. The summed E-state index contributed by atoms with van der Waals surface area (Å²) in [6, 6.07) is 10.6. The molecular weight excluding hydrogens is 526 g/mol. The van der Waals surface area contributed by atoms with Crippen molar-refractivity contribution in [3.63, 3.8) is 0 Å². The van der Waals surface area contributed by atoms with Crippen molar-refractivity contribution < 1.29 is 18.6 Å². The maximum atomic E-state index is 13.9. The molecule has 0 amide bonds. The highest BCUT2D eigenvalue weighted by atomic mass is 127. The first-order chi connectivity index (χ1) is 15.0. The van der Waals surface area contributed by atoms with Gasteiger partial charge in [0.2, 0.25) is 5.75 Å². The highest BCUT2D eigenvalue weighted by molar-refractivity contribution is 14.0. The van der Waals surface area contributed by atoms with E-state index < -0.39 is 0 Å². The van der Waals surface area contributed by atoms with Gasteiger partial charge >= 0.3 is 0 Å². The molecule has 178 valence electrons. The van der Waals surface area contributed by atoms with Crippen molar-refractivity contribution in [1.29, 1.82) is 0 Å². The number of anilines is 1. The summed E-state index contributed by atoms with van der Waals surface area (Å²) in [6.45, 7) is 4.64. The van der Waals surface area contributed by atoms with Crippen LogP contribution in [0.2, 0.25) is 0 Å². The molecule has 0 saturated heterocycles. The third-order valence-corrected chi connectivity index (χ3v) is 4.71. The van der Waals surface area contributed by atoms with Gasteiger partial charge in [0.25, 0.3) is 0 Å². The number of benzene rings is 2. The predicted molar refractivity (Wildman–Crippen MR) is 139 cm³/mol. The van der Waals surface area contributed by atoms with Crippen LogP contribution in [0.5, 0.6) is 17.2 Å². The quantitative estimate of drug-likeness (QED) is 0.187. The first-order valence-electron chi connectivity index (χ1n) is 10.3. The SMILES string of the molecule is CCNC(=NCc1cc(OC)c(OC)c(OC)c1)NCCCN(C)c1ccccc1F.I. The molecule has 0 heterocycles. The lowest BCUT2D eigenvalue weighted by molar-refractivity contribution is 0.324. The molecule has 0 aliphatic rings. The van der Waals surface area contributed by atoms with Gasteiger partial charge in [-0.05, 0) is 43.2 Å². The number of halogens is 2. The molecule has 0 unspecified atom stereocenters. The molecule has 2 aromatic carbocycles. The fourth-order valence-electron chi connectivity index (χ4n) is 3.14. The molecule has 32 heavy (non-hydrogen) atoms. The first-order valence-corrected chi connectivity index (χ1v) is 10.3. The summed E-state index contributed by atoms with van der Waals surface area (Å²) in [5, 5.41) is 6.56. The van der Waals surface area contributed by atoms with Crippen LogP contribution in [0.25, 0.3) is 0 Å². The maximum absolute atomic E-state index is 13.9. The maximum Gasteiger partial charge on any atom is 0.203 e. The Morgan fingerprint density at radius 2 is 1.69 bits per heavy atom. The number of methoxy groups -OCH3 is 3. The van der Waals surface area contributed by atoms with E-state index >= 15 is 0 Å². The van der Waals surface area contributed by atoms with Gasteiger partial charge in [0.05, 0.1) is 33.6 Å². The lowest BCUT2D eigenvalue weighted by Crippen LogP contribution is -2.38. The first kappa shape index (κ1) is 27.6. The number of para-hydroxylation sites is 1. The van der Waals surface area contributed by atoms with Crippen molar-refractivity contribution in [2.75, 3.05) is 52.9 Å². The summed E-state index contributed by atoms with van der Waals surface area (Å²) in [4.78, 5) is 6.56. The normalized spacial score (nSPS) is 10.8. The van der Waals surface area contributed by atoms with E-state index in [2.05, 4.69) is 15.6 Å². The van der Waals surface area contributed by atoms with E-state index in [0.717, 1.165) is 25.1 Å². The Morgan fingerprint density at radius 3 is 2.25 bits per heavy atom. The van der Waals surface area contributed by atoms with Gasteiger partial charge in [0.1, 0.15) is 5.82 Å². The number of rotatable bonds is 11. The summed E-state index contributed by atoms with van der Waals surface area (Å²) < 4.78 is 30.1. The lowest BCUT2D eigenvalue weighted by atomic mass is 10.2. The minimum Gasteiger partial charge on any atom is -0.493 e. The molecule has 7 nitrogen and oxygen atoms in total. The molecule has 2 N–H and O–H groups in total. The summed E-state index contributed by atoms with van der Waals surface area (Å²) in [5.41, 5.74) is 1.54. The van der Waals surface area contributed by atoms with E-state index in [9.17, 15) is 4.39 Å². The Labute approximate surface area is 207 Å². The lowest BCUT2D eigenvalue weighted by Gasteiger charge is -2.20. The van der Waals surface area contributed by atoms with Crippen LogP contribution in [-0.2, 0) is 6.54 Å². The number of nitrogens with zero attached hydrogens (tertiary/aromatic N) is 2.